The van der Waals surface area contributed by atoms with Crippen molar-refractivity contribution in [3.8, 4) is 5.75 Å². The van der Waals surface area contributed by atoms with E-state index in [4.69, 9.17) is 4.74 Å². The molecule has 2 aromatic rings. The van der Waals surface area contributed by atoms with Gasteiger partial charge in [0.1, 0.15) is 11.6 Å². The molecule has 0 bridgehead atoms. The Morgan fingerprint density at radius 1 is 1.16 bits per heavy atom. The Morgan fingerprint density at radius 2 is 1.89 bits per heavy atom. The highest BCUT2D eigenvalue weighted by molar-refractivity contribution is 5.85. The minimum absolute atomic E-state index is 0.248. The van der Waals surface area contributed by atoms with Crippen LogP contribution in [0.25, 0.3) is 0 Å². The van der Waals surface area contributed by atoms with E-state index in [9.17, 15) is 4.39 Å². The van der Waals surface area contributed by atoms with Gasteiger partial charge >= 0.3 is 0 Å². The second kappa shape index (κ2) is 6.14. The van der Waals surface area contributed by atoms with Gasteiger partial charge in [-0.2, -0.15) is 0 Å². The zero-order valence-corrected chi connectivity index (χ0v) is 11.1. The second-order valence-electron chi connectivity index (χ2n) is 4.24. The van der Waals surface area contributed by atoms with Crippen molar-refractivity contribution in [2.24, 2.45) is 4.99 Å². The maximum Gasteiger partial charge on any atom is 0.128 e. The zero-order chi connectivity index (χ0) is 13.7. The largest absolute Gasteiger partial charge is 0.496 e. The number of hydrogen-bond acceptors (Lipinski definition) is 2. The average Bonchev–Trinajstić information content (AvgIpc) is 2.45. The Kier molecular flexibility index (Phi) is 4.29. The standard InChI is InChI=1S/C16H16FNO/c1-12-14(16(19-2)9-8-15(12)17)11-18-10-13-6-4-3-5-7-13/h3-9,11H,10H2,1-2H3. The first kappa shape index (κ1) is 13.3. The van der Waals surface area contributed by atoms with E-state index in [0.717, 1.165) is 5.56 Å². The molecule has 2 nitrogen and oxygen atoms in total. The summed E-state index contributed by atoms with van der Waals surface area (Å²) in [7, 11) is 1.57. The predicted octanol–water partition coefficient (Wildman–Crippen LogP) is 3.76. The average molecular weight is 257 g/mol. The summed E-state index contributed by atoms with van der Waals surface area (Å²) in [6, 6.07) is 12.9. The van der Waals surface area contributed by atoms with Crippen molar-refractivity contribution >= 4 is 6.21 Å². The number of ether oxygens (including phenoxy) is 1. The molecular weight excluding hydrogens is 241 g/mol. The summed E-state index contributed by atoms with van der Waals surface area (Å²) in [5.74, 6) is 0.387. The summed E-state index contributed by atoms with van der Waals surface area (Å²) in [6.45, 7) is 2.29. The van der Waals surface area contributed by atoms with Crippen LogP contribution in [0.1, 0.15) is 16.7 Å². The van der Waals surface area contributed by atoms with E-state index in [1.807, 2.05) is 30.3 Å². The first-order valence-electron chi connectivity index (χ1n) is 6.09. The van der Waals surface area contributed by atoms with Gasteiger partial charge in [-0.1, -0.05) is 30.3 Å². The number of hydrogen-bond donors (Lipinski definition) is 0. The second-order valence-corrected chi connectivity index (χ2v) is 4.24. The quantitative estimate of drug-likeness (QED) is 0.764. The Bertz CT molecular complexity index is 579. The highest BCUT2D eigenvalue weighted by Crippen LogP contribution is 2.22. The SMILES string of the molecule is COc1ccc(F)c(C)c1C=NCc1ccccc1. The van der Waals surface area contributed by atoms with Gasteiger partial charge in [-0.25, -0.2) is 4.39 Å². The van der Waals surface area contributed by atoms with Gasteiger partial charge in [0, 0.05) is 11.8 Å². The number of nitrogens with zero attached hydrogens (tertiary/aromatic N) is 1. The lowest BCUT2D eigenvalue weighted by atomic mass is 10.1. The van der Waals surface area contributed by atoms with Gasteiger partial charge < -0.3 is 4.74 Å². The highest BCUT2D eigenvalue weighted by atomic mass is 19.1. The normalized spacial score (nSPS) is 10.9. The summed E-state index contributed by atoms with van der Waals surface area (Å²) in [5.41, 5.74) is 2.36. The third-order valence-electron chi connectivity index (χ3n) is 2.97. The molecule has 3 heteroatoms. The number of methoxy groups -OCH3 is 1. The van der Waals surface area contributed by atoms with Crippen LogP contribution in [0.2, 0.25) is 0 Å². The minimum atomic E-state index is -0.248. The van der Waals surface area contributed by atoms with Crippen LogP contribution in [0.3, 0.4) is 0 Å². The first-order valence-corrected chi connectivity index (χ1v) is 6.09. The molecule has 0 heterocycles. The van der Waals surface area contributed by atoms with Crippen molar-refractivity contribution in [1.29, 1.82) is 0 Å². The van der Waals surface area contributed by atoms with Crippen molar-refractivity contribution in [3.05, 3.63) is 65.0 Å². The molecule has 0 atom stereocenters. The summed E-state index contributed by atoms with van der Waals surface area (Å²) in [5, 5.41) is 0. The van der Waals surface area contributed by atoms with E-state index in [2.05, 4.69) is 4.99 Å². The van der Waals surface area contributed by atoms with Crippen molar-refractivity contribution < 1.29 is 9.13 Å². The highest BCUT2D eigenvalue weighted by Gasteiger charge is 2.08. The topological polar surface area (TPSA) is 21.6 Å². The van der Waals surface area contributed by atoms with Gasteiger partial charge in [-0.3, -0.25) is 4.99 Å². The monoisotopic (exact) mass is 257 g/mol. The molecule has 0 saturated carbocycles. The molecule has 0 radical (unpaired) electrons. The lowest BCUT2D eigenvalue weighted by Gasteiger charge is -2.08. The molecule has 98 valence electrons. The van der Waals surface area contributed by atoms with Crippen LogP contribution in [0.4, 0.5) is 4.39 Å². The van der Waals surface area contributed by atoms with Crippen LogP contribution in [-0.4, -0.2) is 13.3 Å². The molecule has 2 rings (SSSR count). The van der Waals surface area contributed by atoms with Crippen LogP contribution in [0, 0.1) is 12.7 Å². The molecule has 0 aromatic heterocycles. The molecule has 0 aliphatic rings. The third-order valence-corrected chi connectivity index (χ3v) is 2.97. The number of benzene rings is 2. The van der Waals surface area contributed by atoms with Crippen LogP contribution < -0.4 is 4.74 Å². The van der Waals surface area contributed by atoms with E-state index < -0.39 is 0 Å². The smallest absolute Gasteiger partial charge is 0.128 e. The van der Waals surface area contributed by atoms with Gasteiger partial charge in [0.25, 0.3) is 0 Å². The number of aliphatic imine (C=N–C) groups is 1. The van der Waals surface area contributed by atoms with E-state index in [1.54, 1.807) is 26.3 Å². The molecule has 0 saturated heterocycles. The van der Waals surface area contributed by atoms with Crippen molar-refractivity contribution in [2.45, 2.75) is 13.5 Å². The summed E-state index contributed by atoms with van der Waals surface area (Å²) >= 11 is 0. The maximum absolute atomic E-state index is 13.5. The Balaban J connectivity index is 2.21. The summed E-state index contributed by atoms with van der Waals surface area (Å²) in [6.07, 6.45) is 1.67. The van der Waals surface area contributed by atoms with Crippen LogP contribution in [0.15, 0.2) is 47.5 Å². The molecule has 0 fully saturated rings. The van der Waals surface area contributed by atoms with E-state index in [0.29, 0.717) is 23.4 Å². The van der Waals surface area contributed by atoms with Crippen LogP contribution in [0.5, 0.6) is 5.75 Å². The van der Waals surface area contributed by atoms with E-state index >= 15 is 0 Å². The summed E-state index contributed by atoms with van der Waals surface area (Å²) in [4.78, 5) is 4.35. The fraction of sp³-hybridized carbons (Fsp3) is 0.188. The molecule has 0 aliphatic carbocycles. The van der Waals surface area contributed by atoms with Crippen LogP contribution >= 0.6 is 0 Å². The van der Waals surface area contributed by atoms with E-state index in [-0.39, 0.29) is 5.82 Å². The third kappa shape index (κ3) is 3.19. The number of rotatable bonds is 4. The summed E-state index contributed by atoms with van der Waals surface area (Å²) < 4.78 is 18.8. The van der Waals surface area contributed by atoms with Gasteiger partial charge in [-0.05, 0) is 30.2 Å². The Hall–Kier alpha value is -2.16. The molecule has 0 aliphatic heterocycles. The fourth-order valence-electron chi connectivity index (χ4n) is 1.84. The van der Waals surface area contributed by atoms with Crippen molar-refractivity contribution in [3.63, 3.8) is 0 Å². The minimum Gasteiger partial charge on any atom is -0.496 e. The van der Waals surface area contributed by atoms with Crippen LogP contribution in [-0.2, 0) is 6.54 Å². The van der Waals surface area contributed by atoms with Gasteiger partial charge in [0.15, 0.2) is 0 Å². The maximum atomic E-state index is 13.5. The van der Waals surface area contributed by atoms with Gasteiger partial charge in [0.05, 0.1) is 13.7 Å². The molecule has 0 spiro atoms. The fourth-order valence-corrected chi connectivity index (χ4v) is 1.84. The molecule has 2 aromatic carbocycles. The molecule has 0 amide bonds. The lowest BCUT2D eigenvalue weighted by Crippen LogP contribution is -1.97. The van der Waals surface area contributed by atoms with E-state index in [1.165, 1.54) is 6.07 Å². The molecule has 19 heavy (non-hydrogen) atoms. The Morgan fingerprint density at radius 3 is 2.58 bits per heavy atom. The Labute approximate surface area is 112 Å². The lowest BCUT2D eigenvalue weighted by molar-refractivity contribution is 0.412. The van der Waals surface area contributed by atoms with Gasteiger partial charge in [-0.15, -0.1) is 0 Å². The molecular formula is C16H16FNO. The number of halogens is 1. The van der Waals surface area contributed by atoms with Crippen molar-refractivity contribution in [2.75, 3.05) is 7.11 Å². The van der Waals surface area contributed by atoms with Crippen molar-refractivity contribution in [1.82, 2.24) is 0 Å². The van der Waals surface area contributed by atoms with Gasteiger partial charge in [0.2, 0.25) is 0 Å². The zero-order valence-electron chi connectivity index (χ0n) is 11.1. The molecule has 0 N–H and O–H groups in total. The predicted molar refractivity (Wildman–Crippen MR) is 75.4 cm³/mol. The molecule has 0 unspecified atom stereocenters. The first-order chi connectivity index (χ1) is 9.22.